The van der Waals surface area contributed by atoms with Crippen molar-refractivity contribution in [2.24, 2.45) is 0 Å². The summed E-state index contributed by atoms with van der Waals surface area (Å²) in [7, 11) is -10.7. The van der Waals surface area contributed by atoms with E-state index < -0.39 is 126 Å². The van der Waals surface area contributed by atoms with Crippen molar-refractivity contribution in [3.63, 3.8) is 0 Å². The molecule has 2 aliphatic rings. The Morgan fingerprint density at radius 1 is 0.984 bits per heavy atom. The van der Waals surface area contributed by atoms with Crippen molar-refractivity contribution >= 4 is 56.2 Å². The number of nitrogen functional groups attached to an aromatic ring is 2. The van der Waals surface area contributed by atoms with Crippen molar-refractivity contribution in [3.8, 4) is 0 Å². The maximum atomic E-state index is 13.8. The summed E-state index contributed by atoms with van der Waals surface area (Å²) in [5.74, 6) is -2.62. The molecule has 3 aromatic rings. The fraction of sp³-hybridized carbons (Fsp3) is 0.576. The first kappa shape index (κ1) is 49.2. The standard InChI is InChI=1S/C33H48N10O18P2/c1-5-6-7-20(44)39-16(10-55-13-21(45)41-33(2,3)4)31(48)60-25-17(58-30(23(25)46)43-15-38-22-27(35)36-14-37-28(22)43)12-57-63(53,54)61-26-18(11-56-62(50,51)52)59-29(24(26)47)42-9-8-19(34)40-32(42)49/h5,8-9,14-18,23-26,29-30,46-47H,1,6-7,10-13H2,2-4H3,(H,39,44)(H,41,45)(H,53,54)(H2,34,40,49)(H2,35,36,37)(H2,50,51,52)/t16-,17+,18+,23+,24+,25+,26+,29+,30+/m0/s1. The number of hydrogen-bond donors (Lipinski definition) is 9. The molecule has 0 aliphatic carbocycles. The van der Waals surface area contributed by atoms with E-state index in [4.69, 9.17) is 39.5 Å². The van der Waals surface area contributed by atoms with Gasteiger partial charge in [-0.2, -0.15) is 4.98 Å². The Bertz CT molecular complexity index is 2290. The van der Waals surface area contributed by atoms with Gasteiger partial charge in [-0.1, -0.05) is 6.08 Å². The molecule has 2 amide bonds. The second kappa shape index (κ2) is 20.4. The van der Waals surface area contributed by atoms with Gasteiger partial charge in [-0.15, -0.1) is 6.58 Å². The number of nitrogens with one attached hydrogen (secondary N) is 2. The van der Waals surface area contributed by atoms with Crippen molar-refractivity contribution in [2.75, 3.05) is 37.9 Å². The van der Waals surface area contributed by atoms with E-state index in [-0.39, 0.29) is 35.6 Å². The Hall–Kier alpha value is -4.80. The number of anilines is 2. The van der Waals surface area contributed by atoms with Gasteiger partial charge < -0.3 is 65.9 Å². The third-order valence-electron chi connectivity index (χ3n) is 8.95. The Morgan fingerprint density at radius 2 is 1.63 bits per heavy atom. The van der Waals surface area contributed by atoms with Crippen molar-refractivity contribution in [1.29, 1.82) is 0 Å². The highest BCUT2D eigenvalue weighted by Gasteiger charge is 2.52. The highest BCUT2D eigenvalue weighted by atomic mass is 31.2. The van der Waals surface area contributed by atoms with Gasteiger partial charge >= 0.3 is 27.3 Å². The fourth-order valence-corrected chi connectivity index (χ4v) is 7.55. The third-order valence-corrected chi connectivity index (χ3v) is 10.4. The second-order valence-electron chi connectivity index (χ2n) is 15.0. The fourth-order valence-electron chi connectivity index (χ4n) is 6.25. The maximum Gasteiger partial charge on any atom is 0.472 e. The SMILES string of the molecule is C=CCCC(=O)N[C@@H](COCC(=O)NC(C)(C)C)C(=O)O[C@H]1[C@@H](O)[C@H](n2cnc3c(N)ncnc32)O[C@@H]1COP(=O)(O)O[C@H]1[C@@H](O)[C@H](n2ccc(N)nc2=O)O[C@@H]1COP(=O)(O)O. The number of esters is 1. The number of phosphoric acid groups is 2. The Kier molecular flexibility index (Phi) is 15.9. The van der Waals surface area contributed by atoms with E-state index in [1.165, 1.54) is 17.0 Å². The molecule has 30 heteroatoms. The number of imidazole rings is 1. The first-order valence-corrected chi connectivity index (χ1v) is 21.8. The van der Waals surface area contributed by atoms with Crippen LogP contribution in [0.3, 0.4) is 0 Å². The monoisotopic (exact) mass is 934 g/mol. The number of nitrogens with two attached hydrogens (primary N) is 2. The van der Waals surface area contributed by atoms with Gasteiger partial charge in [0, 0.05) is 18.2 Å². The van der Waals surface area contributed by atoms with Crippen LogP contribution >= 0.6 is 15.6 Å². The molecule has 11 N–H and O–H groups in total. The molecule has 2 fully saturated rings. The highest BCUT2D eigenvalue weighted by molar-refractivity contribution is 7.47. The van der Waals surface area contributed by atoms with E-state index in [0.717, 1.165) is 23.2 Å². The number of ether oxygens (including phenoxy) is 4. The lowest BCUT2D eigenvalue weighted by Crippen LogP contribution is -2.49. The summed E-state index contributed by atoms with van der Waals surface area (Å²) >= 11 is 0. The summed E-state index contributed by atoms with van der Waals surface area (Å²) in [5, 5.41) is 27.9. The molecule has 10 atom stereocenters. The van der Waals surface area contributed by atoms with E-state index in [1.54, 1.807) is 20.8 Å². The van der Waals surface area contributed by atoms with Crippen molar-refractivity contribution < 1.29 is 80.9 Å². The Morgan fingerprint density at radius 3 is 2.29 bits per heavy atom. The first-order chi connectivity index (χ1) is 29.5. The molecule has 348 valence electrons. The number of hydrogen-bond acceptors (Lipinski definition) is 21. The number of amides is 2. The molecule has 0 spiro atoms. The third kappa shape index (κ3) is 13.1. The lowest BCUT2D eigenvalue weighted by Gasteiger charge is -2.26. The van der Waals surface area contributed by atoms with E-state index in [2.05, 4.69) is 41.7 Å². The minimum atomic E-state index is -5.46. The minimum Gasteiger partial charge on any atom is -0.455 e. The lowest BCUT2D eigenvalue weighted by molar-refractivity contribution is -0.162. The molecule has 3 aromatic heterocycles. The summed E-state index contributed by atoms with van der Waals surface area (Å²) in [6.45, 7) is 5.57. The molecule has 1 unspecified atom stereocenters. The topological polar surface area (TPSA) is 406 Å². The first-order valence-electron chi connectivity index (χ1n) is 18.8. The normalized spacial score (nSPS) is 25.3. The predicted octanol–water partition coefficient (Wildman–Crippen LogP) is -2.33. The van der Waals surface area contributed by atoms with Gasteiger partial charge in [0.05, 0.1) is 26.1 Å². The number of phosphoric ester groups is 2. The van der Waals surface area contributed by atoms with Gasteiger partial charge in [-0.05, 0) is 33.3 Å². The Labute approximate surface area is 356 Å². The molecule has 28 nitrogen and oxygen atoms in total. The largest absolute Gasteiger partial charge is 0.472 e. The van der Waals surface area contributed by atoms with Crippen LogP contribution in [0.25, 0.3) is 11.2 Å². The quantitative estimate of drug-likeness (QED) is 0.0326. The number of allylic oxidation sites excluding steroid dienone is 1. The van der Waals surface area contributed by atoms with E-state index in [9.17, 15) is 53.2 Å². The average Bonchev–Trinajstić information content (AvgIpc) is 3.84. The highest BCUT2D eigenvalue weighted by Crippen LogP contribution is 2.50. The van der Waals surface area contributed by atoms with Crippen LogP contribution in [-0.4, -0.2) is 146 Å². The molecule has 2 aliphatic heterocycles. The zero-order chi connectivity index (χ0) is 46.4. The van der Waals surface area contributed by atoms with Crippen LogP contribution in [0, 0.1) is 0 Å². The molecule has 0 saturated carbocycles. The molecular formula is C33H48N10O18P2. The molecular weight excluding hydrogens is 886 g/mol. The molecule has 2 saturated heterocycles. The number of aliphatic hydroxyl groups is 2. The summed E-state index contributed by atoms with van der Waals surface area (Å²) in [6.07, 6.45) is -9.33. The number of nitrogens with zero attached hydrogens (tertiary/aromatic N) is 6. The number of carbonyl (C=O) groups excluding carboxylic acids is 3. The molecule has 0 radical (unpaired) electrons. The molecule has 63 heavy (non-hydrogen) atoms. The molecule has 5 heterocycles. The lowest BCUT2D eigenvalue weighted by atomic mass is 10.1. The van der Waals surface area contributed by atoms with Gasteiger partial charge in [0.2, 0.25) is 11.8 Å². The summed E-state index contributed by atoms with van der Waals surface area (Å²) in [6, 6.07) is -0.425. The number of rotatable bonds is 20. The van der Waals surface area contributed by atoms with Crippen molar-refractivity contribution in [3.05, 3.63) is 48.1 Å². The van der Waals surface area contributed by atoms with Crippen LogP contribution in [0.2, 0.25) is 0 Å². The van der Waals surface area contributed by atoms with E-state index in [1.807, 2.05) is 0 Å². The van der Waals surface area contributed by atoms with Gasteiger partial charge in [-0.3, -0.25) is 32.3 Å². The maximum absolute atomic E-state index is 13.8. The number of aromatic nitrogens is 6. The number of carbonyl (C=O) groups is 3. The zero-order valence-corrected chi connectivity index (χ0v) is 35.6. The predicted molar refractivity (Wildman–Crippen MR) is 211 cm³/mol. The minimum absolute atomic E-state index is 0.0407. The van der Waals surface area contributed by atoms with Gasteiger partial charge in [0.1, 0.15) is 54.8 Å². The van der Waals surface area contributed by atoms with Crippen molar-refractivity contribution in [1.82, 2.24) is 39.7 Å². The van der Waals surface area contributed by atoms with E-state index in [0.29, 0.717) is 0 Å². The van der Waals surface area contributed by atoms with Crippen molar-refractivity contribution in [2.45, 2.75) is 94.3 Å². The van der Waals surface area contributed by atoms with Crippen LogP contribution in [0.1, 0.15) is 46.1 Å². The summed E-state index contributed by atoms with van der Waals surface area (Å²) < 4.78 is 64.6. The van der Waals surface area contributed by atoms with Gasteiger partial charge in [-0.25, -0.2) is 33.7 Å². The van der Waals surface area contributed by atoms with Gasteiger partial charge in [0.25, 0.3) is 0 Å². The average molecular weight is 935 g/mol. The Balaban J connectivity index is 1.39. The molecule has 0 aromatic carbocycles. The second-order valence-corrected chi connectivity index (χ2v) is 17.7. The zero-order valence-electron chi connectivity index (χ0n) is 33.8. The van der Waals surface area contributed by atoms with Crippen LogP contribution in [0.15, 0.2) is 42.4 Å². The van der Waals surface area contributed by atoms with Gasteiger partial charge in [0.15, 0.2) is 36.1 Å². The summed E-state index contributed by atoms with van der Waals surface area (Å²) in [5.41, 5.74) is 9.94. The number of aliphatic hydroxyl groups excluding tert-OH is 2. The number of fused-ring (bicyclic) bond motifs is 1. The van der Waals surface area contributed by atoms with E-state index >= 15 is 0 Å². The van der Waals surface area contributed by atoms with Crippen LogP contribution in [0.5, 0.6) is 0 Å². The van der Waals surface area contributed by atoms with Crippen LogP contribution < -0.4 is 27.8 Å². The van der Waals surface area contributed by atoms with Crippen LogP contribution in [-0.2, 0) is 56.0 Å². The molecule has 0 bridgehead atoms. The molecule has 5 rings (SSSR count). The van der Waals surface area contributed by atoms with Crippen LogP contribution in [0.4, 0.5) is 11.6 Å². The summed E-state index contributed by atoms with van der Waals surface area (Å²) in [4.78, 5) is 96.7. The smallest absolute Gasteiger partial charge is 0.455 e.